The standard InChI is InChI=1S/C18H14ClNO5/c1-3-24-18(22)12(10-20)8-13-5-7-16(25-13)14-9-11(17(21)23-2)4-6-15(14)19/h4-9H,3H2,1-2H3/b12-8+. The van der Waals surface area contributed by atoms with Crippen molar-refractivity contribution in [3.05, 3.63) is 52.3 Å². The second-order valence-electron chi connectivity index (χ2n) is 4.78. The molecule has 128 valence electrons. The number of esters is 2. The van der Waals surface area contributed by atoms with Crippen LogP contribution >= 0.6 is 11.6 Å². The third-order valence-corrected chi connectivity index (χ3v) is 3.51. The van der Waals surface area contributed by atoms with E-state index >= 15 is 0 Å². The quantitative estimate of drug-likeness (QED) is 0.457. The molecule has 0 fully saturated rings. The predicted molar refractivity (Wildman–Crippen MR) is 90.7 cm³/mol. The maximum Gasteiger partial charge on any atom is 0.349 e. The Bertz CT molecular complexity index is 876. The Kier molecular flexibility index (Phi) is 5.98. The van der Waals surface area contributed by atoms with Gasteiger partial charge in [0.05, 0.1) is 24.3 Å². The largest absolute Gasteiger partial charge is 0.465 e. The van der Waals surface area contributed by atoms with Crippen molar-refractivity contribution >= 4 is 29.6 Å². The zero-order valence-electron chi connectivity index (χ0n) is 13.5. The summed E-state index contributed by atoms with van der Waals surface area (Å²) in [6.07, 6.45) is 1.28. The van der Waals surface area contributed by atoms with Crippen LogP contribution in [0.15, 0.2) is 40.3 Å². The van der Waals surface area contributed by atoms with E-state index in [0.29, 0.717) is 21.9 Å². The molecular formula is C18H14ClNO5. The van der Waals surface area contributed by atoms with Crippen molar-refractivity contribution in [1.29, 1.82) is 5.26 Å². The van der Waals surface area contributed by atoms with Gasteiger partial charge < -0.3 is 13.9 Å². The van der Waals surface area contributed by atoms with Crippen LogP contribution in [0.2, 0.25) is 5.02 Å². The number of nitrogens with zero attached hydrogens (tertiary/aromatic N) is 1. The minimum absolute atomic E-state index is 0.164. The molecule has 0 N–H and O–H groups in total. The van der Waals surface area contributed by atoms with Gasteiger partial charge in [-0.1, -0.05) is 11.6 Å². The molecule has 2 aromatic rings. The first kappa shape index (κ1) is 18.3. The lowest BCUT2D eigenvalue weighted by Crippen LogP contribution is -2.05. The van der Waals surface area contributed by atoms with E-state index < -0.39 is 11.9 Å². The van der Waals surface area contributed by atoms with E-state index in [1.165, 1.54) is 25.3 Å². The van der Waals surface area contributed by atoms with Gasteiger partial charge in [0.1, 0.15) is 23.2 Å². The molecule has 0 aliphatic rings. The monoisotopic (exact) mass is 359 g/mol. The summed E-state index contributed by atoms with van der Waals surface area (Å²) in [7, 11) is 1.28. The highest BCUT2D eigenvalue weighted by atomic mass is 35.5. The summed E-state index contributed by atoms with van der Waals surface area (Å²) < 4.78 is 15.1. The highest BCUT2D eigenvalue weighted by Gasteiger charge is 2.15. The Labute approximate surface area is 149 Å². The van der Waals surface area contributed by atoms with Crippen molar-refractivity contribution in [2.24, 2.45) is 0 Å². The minimum Gasteiger partial charge on any atom is -0.465 e. The summed E-state index contributed by atoms with van der Waals surface area (Å²) in [5.74, 6) is -0.574. The molecule has 25 heavy (non-hydrogen) atoms. The molecular weight excluding hydrogens is 346 g/mol. The fourth-order valence-electron chi connectivity index (χ4n) is 2.02. The van der Waals surface area contributed by atoms with Crippen LogP contribution in [0.5, 0.6) is 0 Å². The van der Waals surface area contributed by atoms with Crippen molar-refractivity contribution in [3.63, 3.8) is 0 Å². The van der Waals surface area contributed by atoms with E-state index in [4.69, 9.17) is 26.0 Å². The van der Waals surface area contributed by atoms with Crippen LogP contribution in [-0.4, -0.2) is 25.7 Å². The van der Waals surface area contributed by atoms with Gasteiger partial charge in [-0.15, -0.1) is 0 Å². The third kappa shape index (κ3) is 4.28. The van der Waals surface area contributed by atoms with Gasteiger partial charge in [0.2, 0.25) is 0 Å². The predicted octanol–water partition coefficient (Wildman–Crippen LogP) is 3.86. The summed E-state index contributed by atoms with van der Waals surface area (Å²) in [6.45, 7) is 1.81. The molecule has 6 nitrogen and oxygen atoms in total. The first-order valence-electron chi connectivity index (χ1n) is 7.27. The molecule has 0 saturated heterocycles. The Balaban J connectivity index is 2.37. The molecule has 0 saturated carbocycles. The van der Waals surface area contributed by atoms with Gasteiger partial charge in [0.15, 0.2) is 0 Å². The molecule has 0 spiro atoms. The molecule has 0 bridgehead atoms. The Morgan fingerprint density at radius 3 is 2.72 bits per heavy atom. The molecule has 0 atom stereocenters. The Hall–Kier alpha value is -3.04. The highest BCUT2D eigenvalue weighted by Crippen LogP contribution is 2.31. The summed E-state index contributed by atoms with van der Waals surface area (Å²) in [5, 5.41) is 9.42. The first-order chi connectivity index (χ1) is 12.0. The number of carbonyl (C=O) groups is 2. The zero-order valence-corrected chi connectivity index (χ0v) is 14.3. The number of benzene rings is 1. The van der Waals surface area contributed by atoms with E-state index in [-0.39, 0.29) is 17.9 Å². The number of nitriles is 1. The van der Waals surface area contributed by atoms with E-state index in [0.717, 1.165) is 0 Å². The molecule has 1 aromatic heterocycles. The van der Waals surface area contributed by atoms with Gasteiger partial charge in [-0.3, -0.25) is 0 Å². The van der Waals surface area contributed by atoms with Crippen molar-refractivity contribution in [1.82, 2.24) is 0 Å². The maximum absolute atomic E-state index is 11.6. The zero-order chi connectivity index (χ0) is 18.4. The Morgan fingerprint density at radius 1 is 1.32 bits per heavy atom. The second kappa shape index (κ2) is 8.18. The van der Waals surface area contributed by atoms with Gasteiger partial charge in [-0.05, 0) is 37.3 Å². The van der Waals surface area contributed by atoms with Crippen LogP contribution in [0, 0.1) is 11.3 Å². The number of furan rings is 1. The average Bonchev–Trinajstić information content (AvgIpc) is 3.07. The van der Waals surface area contributed by atoms with Gasteiger partial charge in [0.25, 0.3) is 0 Å². The van der Waals surface area contributed by atoms with Crippen molar-refractivity contribution in [2.45, 2.75) is 6.92 Å². The molecule has 7 heteroatoms. The molecule has 0 unspecified atom stereocenters. The van der Waals surface area contributed by atoms with Crippen LogP contribution in [0.4, 0.5) is 0 Å². The topological polar surface area (TPSA) is 89.5 Å². The van der Waals surface area contributed by atoms with Crippen LogP contribution in [0.3, 0.4) is 0 Å². The smallest absolute Gasteiger partial charge is 0.349 e. The van der Waals surface area contributed by atoms with Crippen LogP contribution in [0.1, 0.15) is 23.0 Å². The fourth-order valence-corrected chi connectivity index (χ4v) is 2.23. The van der Waals surface area contributed by atoms with Gasteiger partial charge in [-0.2, -0.15) is 5.26 Å². The molecule has 1 aromatic carbocycles. The number of ether oxygens (including phenoxy) is 2. The molecule has 1 heterocycles. The van der Waals surface area contributed by atoms with Gasteiger partial charge in [-0.25, -0.2) is 9.59 Å². The summed E-state index contributed by atoms with van der Waals surface area (Å²) in [6, 6.07) is 9.59. The van der Waals surface area contributed by atoms with Crippen molar-refractivity contribution < 1.29 is 23.5 Å². The van der Waals surface area contributed by atoms with E-state index in [1.54, 1.807) is 31.2 Å². The van der Waals surface area contributed by atoms with Crippen LogP contribution in [-0.2, 0) is 14.3 Å². The number of halogens is 1. The summed E-state index contributed by atoms with van der Waals surface area (Å²) >= 11 is 6.16. The molecule has 0 radical (unpaired) electrons. The molecule has 0 amide bonds. The third-order valence-electron chi connectivity index (χ3n) is 3.18. The number of carbonyl (C=O) groups excluding carboxylic acids is 2. The molecule has 0 aliphatic carbocycles. The Morgan fingerprint density at radius 2 is 2.08 bits per heavy atom. The van der Waals surface area contributed by atoms with Crippen molar-refractivity contribution in [2.75, 3.05) is 13.7 Å². The number of hydrogen-bond donors (Lipinski definition) is 0. The lowest BCUT2D eigenvalue weighted by molar-refractivity contribution is -0.137. The highest BCUT2D eigenvalue weighted by molar-refractivity contribution is 6.33. The van der Waals surface area contributed by atoms with Gasteiger partial charge >= 0.3 is 11.9 Å². The van der Waals surface area contributed by atoms with Crippen LogP contribution in [0.25, 0.3) is 17.4 Å². The maximum atomic E-state index is 11.6. The van der Waals surface area contributed by atoms with E-state index in [9.17, 15) is 9.59 Å². The van der Waals surface area contributed by atoms with Gasteiger partial charge in [0, 0.05) is 11.6 Å². The normalized spacial score (nSPS) is 10.9. The van der Waals surface area contributed by atoms with Crippen molar-refractivity contribution in [3.8, 4) is 17.4 Å². The molecule has 2 rings (SSSR count). The minimum atomic E-state index is -0.728. The summed E-state index contributed by atoms with van der Waals surface area (Å²) in [4.78, 5) is 23.3. The molecule has 0 aliphatic heterocycles. The van der Waals surface area contributed by atoms with E-state index in [2.05, 4.69) is 4.74 Å². The van der Waals surface area contributed by atoms with E-state index in [1.807, 2.05) is 0 Å². The second-order valence-corrected chi connectivity index (χ2v) is 5.19. The number of hydrogen-bond acceptors (Lipinski definition) is 6. The fraction of sp³-hybridized carbons (Fsp3) is 0.167. The lowest BCUT2D eigenvalue weighted by Gasteiger charge is -2.04. The first-order valence-corrected chi connectivity index (χ1v) is 7.65. The average molecular weight is 360 g/mol. The van der Waals surface area contributed by atoms with Crippen LogP contribution < -0.4 is 0 Å². The summed E-state index contributed by atoms with van der Waals surface area (Å²) in [5.41, 5.74) is 0.621. The lowest BCUT2D eigenvalue weighted by atomic mass is 10.1. The SMILES string of the molecule is CCOC(=O)/C(C#N)=C/c1ccc(-c2cc(C(=O)OC)ccc2Cl)o1. The number of methoxy groups -OCH3 is 1. The number of rotatable bonds is 5.